The Balaban J connectivity index is 2.11. The van der Waals surface area contributed by atoms with Gasteiger partial charge < -0.3 is 14.7 Å². The molecule has 0 saturated heterocycles. The van der Waals surface area contributed by atoms with Crippen LogP contribution in [-0.2, 0) is 7.05 Å². The molecule has 25 heavy (non-hydrogen) atoms. The molecule has 0 bridgehead atoms. The van der Waals surface area contributed by atoms with Crippen molar-refractivity contribution in [1.82, 2.24) is 24.5 Å². The molecule has 2 aromatic heterocycles. The van der Waals surface area contributed by atoms with Crippen molar-refractivity contribution in [2.45, 2.75) is 19.8 Å². The second kappa shape index (κ2) is 8.78. The van der Waals surface area contributed by atoms with Gasteiger partial charge in [0.1, 0.15) is 4.83 Å². The lowest BCUT2D eigenvalue weighted by atomic mass is 10.2. The van der Waals surface area contributed by atoms with Gasteiger partial charge in [-0.3, -0.25) is 9.48 Å². The van der Waals surface area contributed by atoms with Crippen LogP contribution in [0.5, 0.6) is 0 Å². The third-order valence-electron chi connectivity index (χ3n) is 4.26. The van der Waals surface area contributed by atoms with Gasteiger partial charge in [-0.2, -0.15) is 5.10 Å². The van der Waals surface area contributed by atoms with Crippen LogP contribution in [0.15, 0.2) is 6.07 Å². The summed E-state index contributed by atoms with van der Waals surface area (Å²) in [5.41, 5.74) is 0.986. The number of carbonyl (C=O) groups is 1. The smallest absolute Gasteiger partial charge is 0.264 e. The molecule has 0 aromatic carbocycles. The fourth-order valence-corrected chi connectivity index (χ4v) is 4.03. The van der Waals surface area contributed by atoms with Crippen molar-refractivity contribution < 1.29 is 4.79 Å². The second-order valence-electron chi connectivity index (χ2n) is 7.14. The standard InChI is InChI=1S/C18H31N5OS/c1-14-15-13-16(25-18(15)22(6)19-14)17(24)23(11-7-9-20(2)3)12-8-10-21(4)5/h13H,7-12H2,1-6H3. The number of hydrogen-bond acceptors (Lipinski definition) is 5. The summed E-state index contributed by atoms with van der Waals surface area (Å²) in [5, 5.41) is 5.52. The van der Waals surface area contributed by atoms with Crippen molar-refractivity contribution in [3.05, 3.63) is 16.6 Å². The van der Waals surface area contributed by atoms with Gasteiger partial charge in [0, 0.05) is 25.5 Å². The number of nitrogens with zero attached hydrogens (tertiary/aromatic N) is 5. The maximum absolute atomic E-state index is 13.1. The zero-order chi connectivity index (χ0) is 18.6. The molecule has 0 N–H and O–H groups in total. The van der Waals surface area contributed by atoms with E-state index in [1.165, 1.54) is 0 Å². The summed E-state index contributed by atoms with van der Waals surface area (Å²) >= 11 is 1.55. The fraction of sp³-hybridized carbons (Fsp3) is 0.667. The van der Waals surface area contributed by atoms with Crippen LogP contribution in [0.4, 0.5) is 0 Å². The third kappa shape index (κ3) is 5.26. The molecule has 0 aliphatic heterocycles. The minimum Gasteiger partial charge on any atom is -0.338 e. The van der Waals surface area contributed by atoms with Gasteiger partial charge in [-0.15, -0.1) is 11.3 Å². The van der Waals surface area contributed by atoms with Gasteiger partial charge in [-0.05, 0) is 67.1 Å². The molecule has 0 spiro atoms. The highest BCUT2D eigenvalue weighted by Gasteiger charge is 2.20. The Bertz CT molecular complexity index is 655. The van der Waals surface area contributed by atoms with E-state index < -0.39 is 0 Å². The van der Waals surface area contributed by atoms with Crippen LogP contribution < -0.4 is 0 Å². The molecule has 2 aromatic rings. The summed E-state index contributed by atoms with van der Waals surface area (Å²) in [4.78, 5) is 21.3. The van der Waals surface area contributed by atoms with Crippen molar-refractivity contribution in [3.8, 4) is 0 Å². The van der Waals surface area contributed by atoms with E-state index in [0.717, 1.165) is 59.8 Å². The van der Waals surface area contributed by atoms with Crippen LogP contribution in [-0.4, -0.2) is 84.8 Å². The van der Waals surface area contributed by atoms with E-state index in [1.54, 1.807) is 11.3 Å². The number of aryl methyl sites for hydroxylation is 2. The van der Waals surface area contributed by atoms with E-state index in [9.17, 15) is 4.79 Å². The molecular formula is C18H31N5OS. The molecule has 7 heteroatoms. The number of fused-ring (bicyclic) bond motifs is 1. The van der Waals surface area contributed by atoms with Gasteiger partial charge in [-0.1, -0.05) is 0 Å². The Morgan fingerprint density at radius 3 is 2.12 bits per heavy atom. The first-order valence-electron chi connectivity index (χ1n) is 8.81. The minimum atomic E-state index is 0.151. The van der Waals surface area contributed by atoms with Gasteiger partial charge in [0.25, 0.3) is 5.91 Å². The normalized spacial score (nSPS) is 11.8. The number of rotatable bonds is 9. The predicted molar refractivity (Wildman–Crippen MR) is 106 cm³/mol. The van der Waals surface area contributed by atoms with E-state index >= 15 is 0 Å². The average Bonchev–Trinajstić information content (AvgIpc) is 3.07. The predicted octanol–water partition coefficient (Wildman–Crippen LogP) is 2.29. The van der Waals surface area contributed by atoms with Gasteiger partial charge in [0.15, 0.2) is 0 Å². The fourth-order valence-electron chi connectivity index (χ4n) is 2.94. The maximum Gasteiger partial charge on any atom is 0.264 e. The molecule has 0 aliphatic rings. The first-order valence-corrected chi connectivity index (χ1v) is 9.63. The minimum absolute atomic E-state index is 0.151. The lowest BCUT2D eigenvalue weighted by molar-refractivity contribution is 0.0749. The van der Waals surface area contributed by atoms with Gasteiger partial charge in [0.2, 0.25) is 0 Å². The summed E-state index contributed by atoms with van der Waals surface area (Å²) in [6.45, 7) is 5.58. The molecule has 6 nitrogen and oxygen atoms in total. The molecule has 0 atom stereocenters. The van der Waals surface area contributed by atoms with Gasteiger partial charge >= 0.3 is 0 Å². The van der Waals surface area contributed by atoms with Crippen molar-refractivity contribution in [3.63, 3.8) is 0 Å². The summed E-state index contributed by atoms with van der Waals surface area (Å²) in [5.74, 6) is 0.151. The Morgan fingerprint density at radius 1 is 1.08 bits per heavy atom. The number of aromatic nitrogens is 2. The molecule has 140 valence electrons. The molecule has 2 heterocycles. The Morgan fingerprint density at radius 2 is 1.64 bits per heavy atom. The zero-order valence-electron chi connectivity index (χ0n) is 16.4. The molecule has 0 fully saturated rings. The van der Waals surface area contributed by atoms with E-state index in [0.29, 0.717) is 0 Å². The van der Waals surface area contributed by atoms with E-state index in [-0.39, 0.29) is 5.91 Å². The number of carbonyl (C=O) groups excluding carboxylic acids is 1. The highest BCUT2D eigenvalue weighted by atomic mass is 32.1. The monoisotopic (exact) mass is 365 g/mol. The van der Waals surface area contributed by atoms with Crippen molar-refractivity contribution in [2.75, 3.05) is 54.4 Å². The first kappa shape index (κ1) is 19.9. The molecule has 2 rings (SSSR count). The van der Waals surface area contributed by atoms with Crippen LogP contribution >= 0.6 is 11.3 Å². The lowest BCUT2D eigenvalue weighted by Crippen LogP contribution is -2.35. The zero-order valence-corrected chi connectivity index (χ0v) is 17.2. The summed E-state index contributed by atoms with van der Waals surface area (Å²) < 4.78 is 1.87. The van der Waals surface area contributed by atoms with Gasteiger partial charge in [0.05, 0.1) is 10.6 Å². The largest absolute Gasteiger partial charge is 0.338 e. The van der Waals surface area contributed by atoms with Crippen LogP contribution in [0.3, 0.4) is 0 Å². The van der Waals surface area contributed by atoms with Crippen LogP contribution in [0, 0.1) is 6.92 Å². The van der Waals surface area contributed by atoms with Crippen LogP contribution in [0.1, 0.15) is 28.2 Å². The highest BCUT2D eigenvalue weighted by Crippen LogP contribution is 2.28. The summed E-state index contributed by atoms with van der Waals surface area (Å²) in [7, 11) is 10.2. The highest BCUT2D eigenvalue weighted by molar-refractivity contribution is 7.20. The maximum atomic E-state index is 13.1. The molecular weight excluding hydrogens is 334 g/mol. The quantitative estimate of drug-likeness (QED) is 0.684. The lowest BCUT2D eigenvalue weighted by Gasteiger charge is -2.24. The molecule has 0 radical (unpaired) electrons. The number of hydrogen-bond donors (Lipinski definition) is 0. The first-order chi connectivity index (χ1) is 11.8. The van der Waals surface area contributed by atoms with Crippen molar-refractivity contribution in [1.29, 1.82) is 0 Å². The number of thiophene rings is 1. The third-order valence-corrected chi connectivity index (χ3v) is 5.45. The number of amides is 1. The second-order valence-corrected chi connectivity index (χ2v) is 8.18. The Labute approximate surface area is 155 Å². The topological polar surface area (TPSA) is 44.6 Å². The Kier molecular flexibility index (Phi) is 6.98. The molecule has 0 saturated carbocycles. The average molecular weight is 366 g/mol. The molecule has 1 amide bonds. The van der Waals surface area contributed by atoms with Crippen molar-refractivity contribution in [2.24, 2.45) is 7.05 Å². The molecule has 0 unspecified atom stereocenters. The van der Waals surface area contributed by atoms with Crippen molar-refractivity contribution >= 4 is 27.5 Å². The van der Waals surface area contributed by atoms with E-state index in [2.05, 4.69) is 43.1 Å². The van der Waals surface area contributed by atoms with Gasteiger partial charge in [-0.25, -0.2) is 0 Å². The summed E-state index contributed by atoms with van der Waals surface area (Å²) in [6.07, 6.45) is 1.98. The Hall–Kier alpha value is -1.44. The van der Waals surface area contributed by atoms with E-state index in [4.69, 9.17) is 0 Å². The van der Waals surface area contributed by atoms with Crippen LogP contribution in [0.2, 0.25) is 0 Å². The van der Waals surface area contributed by atoms with Crippen LogP contribution in [0.25, 0.3) is 10.2 Å². The SMILES string of the molecule is Cc1nn(C)c2sc(C(=O)N(CCCN(C)C)CCCN(C)C)cc12. The summed E-state index contributed by atoms with van der Waals surface area (Å²) in [6, 6.07) is 2.01. The van der Waals surface area contributed by atoms with E-state index in [1.807, 2.05) is 29.6 Å². The molecule has 0 aliphatic carbocycles.